The van der Waals surface area contributed by atoms with Gasteiger partial charge in [0.05, 0.1) is 10.5 Å². The number of nitrogens with zero attached hydrogens (tertiary/aromatic N) is 2. The first-order valence-electron chi connectivity index (χ1n) is 3.78. The molecule has 0 unspecified atom stereocenters. The van der Waals surface area contributed by atoms with Gasteiger partial charge in [-0.15, -0.1) is 0 Å². The molecular weight excluding hydrogens is 188 g/mol. The lowest BCUT2D eigenvalue weighted by molar-refractivity contribution is 0.177. The molecule has 3 nitrogen and oxygen atoms in total. The Morgan fingerprint density at radius 2 is 2.23 bits per heavy atom. The molecule has 0 atom stereocenters. The third kappa shape index (κ3) is 1.48. The molecule has 0 aromatic carbocycles. The van der Waals surface area contributed by atoms with E-state index in [-0.39, 0.29) is 6.61 Å². The van der Waals surface area contributed by atoms with Gasteiger partial charge in [0.15, 0.2) is 0 Å². The van der Waals surface area contributed by atoms with E-state index in [1.807, 2.05) is 0 Å². The van der Waals surface area contributed by atoms with Crippen LogP contribution < -0.4 is 0 Å². The third-order valence-corrected chi connectivity index (χ3v) is 2.06. The van der Waals surface area contributed by atoms with Crippen molar-refractivity contribution in [2.75, 3.05) is 0 Å². The van der Waals surface area contributed by atoms with Crippen LogP contribution in [0.15, 0.2) is 24.5 Å². The van der Waals surface area contributed by atoms with E-state index in [4.69, 9.17) is 11.6 Å². The fourth-order valence-corrected chi connectivity index (χ4v) is 1.32. The lowest BCUT2D eigenvalue weighted by atomic mass is 10.2. The van der Waals surface area contributed by atoms with Gasteiger partial charge in [0.1, 0.15) is 12.1 Å². The van der Waals surface area contributed by atoms with Gasteiger partial charge in [-0.05, 0) is 12.1 Å². The number of rotatable bonds is 1. The molecule has 2 aromatic heterocycles. The van der Waals surface area contributed by atoms with Crippen LogP contribution in [0.4, 0.5) is 0 Å². The number of hydrogen-bond donors (Lipinski definition) is 0. The average Bonchev–Trinajstić information content (AvgIpc) is 2.18. The van der Waals surface area contributed by atoms with Crippen LogP contribution in [0.3, 0.4) is 0 Å². The van der Waals surface area contributed by atoms with Crippen molar-refractivity contribution in [3.8, 4) is 0 Å². The maximum absolute atomic E-state index is 10.6. The molecule has 0 saturated heterocycles. The smallest absolute Gasteiger partial charge is 0.109 e. The van der Waals surface area contributed by atoms with Crippen molar-refractivity contribution in [2.45, 2.75) is 6.61 Å². The highest BCUT2D eigenvalue weighted by Crippen LogP contribution is 2.19. The van der Waals surface area contributed by atoms with E-state index in [1.54, 1.807) is 18.3 Å². The van der Waals surface area contributed by atoms with Gasteiger partial charge in [0.25, 0.3) is 0 Å². The summed E-state index contributed by atoms with van der Waals surface area (Å²) in [6.07, 6.45) is 3.13. The molecule has 2 aromatic rings. The van der Waals surface area contributed by atoms with E-state index < -0.39 is 0 Å². The molecule has 0 aliphatic rings. The van der Waals surface area contributed by atoms with E-state index in [2.05, 4.69) is 9.97 Å². The molecule has 2 rings (SSSR count). The predicted octanol–water partition coefficient (Wildman–Crippen LogP) is 2.21. The molecule has 0 saturated carbocycles. The van der Waals surface area contributed by atoms with Gasteiger partial charge in [-0.1, -0.05) is 11.6 Å². The normalized spacial score (nSPS) is 10.6. The molecule has 0 aliphatic heterocycles. The molecule has 0 fully saturated rings. The van der Waals surface area contributed by atoms with Gasteiger partial charge >= 0.3 is 0 Å². The summed E-state index contributed by atoms with van der Waals surface area (Å²) in [5.74, 6) is 0. The van der Waals surface area contributed by atoms with Gasteiger partial charge in [-0.25, -0.2) is 5.11 Å². The summed E-state index contributed by atoms with van der Waals surface area (Å²) in [6, 6.07) is 3.38. The van der Waals surface area contributed by atoms with Crippen LogP contribution >= 0.6 is 11.6 Å². The Labute approximate surface area is 80.0 Å². The maximum Gasteiger partial charge on any atom is 0.109 e. The second-order valence-corrected chi connectivity index (χ2v) is 3.06. The number of hydrogen-bond acceptors (Lipinski definition) is 2. The van der Waals surface area contributed by atoms with E-state index in [0.717, 1.165) is 0 Å². The number of pyridine rings is 2. The SMILES string of the molecule is [O]Cc1cnc2c(Cl)ccnc2c1. The second-order valence-electron chi connectivity index (χ2n) is 2.65. The molecule has 2 heterocycles. The van der Waals surface area contributed by atoms with Crippen LogP contribution in [0, 0.1) is 0 Å². The minimum Gasteiger partial charge on any atom is -0.254 e. The monoisotopic (exact) mass is 193 g/mol. The Hall–Kier alpha value is -1.19. The van der Waals surface area contributed by atoms with E-state index >= 15 is 0 Å². The Kier molecular flexibility index (Phi) is 2.12. The number of fused-ring (bicyclic) bond motifs is 1. The highest BCUT2D eigenvalue weighted by Gasteiger charge is 2.01. The summed E-state index contributed by atoms with van der Waals surface area (Å²) in [5, 5.41) is 11.1. The Balaban J connectivity index is 2.72. The molecule has 0 bridgehead atoms. The largest absolute Gasteiger partial charge is 0.254 e. The molecule has 4 heteroatoms. The van der Waals surface area contributed by atoms with Crippen LogP contribution in [0.1, 0.15) is 5.56 Å². The zero-order chi connectivity index (χ0) is 9.26. The standard InChI is InChI=1S/C9H6ClN2O/c10-7-1-2-11-8-3-6(5-13)4-12-9(7)8/h1-4H,5H2. The van der Waals surface area contributed by atoms with Crippen molar-refractivity contribution >= 4 is 22.6 Å². The lowest BCUT2D eigenvalue weighted by Crippen LogP contribution is -1.88. The molecule has 13 heavy (non-hydrogen) atoms. The fraction of sp³-hybridized carbons (Fsp3) is 0.111. The first kappa shape index (κ1) is 8.41. The van der Waals surface area contributed by atoms with Gasteiger partial charge < -0.3 is 0 Å². The van der Waals surface area contributed by atoms with Crippen molar-refractivity contribution in [3.05, 3.63) is 35.1 Å². The zero-order valence-corrected chi connectivity index (χ0v) is 7.45. The minimum atomic E-state index is -0.281. The summed E-state index contributed by atoms with van der Waals surface area (Å²) >= 11 is 5.87. The molecule has 65 valence electrons. The van der Waals surface area contributed by atoms with Crippen molar-refractivity contribution < 1.29 is 5.11 Å². The Morgan fingerprint density at radius 1 is 1.38 bits per heavy atom. The quantitative estimate of drug-likeness (QED) is 0.697. The molecule has 1 radical (unpaired) electrons. The fourth-order valence-electron chi connectivity index (χ4n) is 1.12. The molecule has 0 N–H and O–H groups in total. The lowest BCUT2D eigenvalue weighted by Gasteiger charge is -1.99. The Bertz CT molecular complexity index is 445. The van der Waals surface area contributed by atoms with E-state index in [9.17, 15) is 5.11 Å². The summed E-state index contributed by atoms with van der Waals surface area (Å²) in [7, 11) is 0. The summed E-state index contributed by atoms with van der Waals surface area (Å²) in [6.45, 7) is -0.281. The second kappa shape index (κ2) is 3.28. The van der Waals surface area contributed by atoms with E-state index in [0.29, 0.717) is 21.6 Å². The highest BCUT2D eigenvalue weighted by molar-refractivity contribution is 6.34. The highest BCUT2D eigenvalue weighted by atomic mass is 35.5. The van der Waals surface area contributed by atoms with Crippen molar-refractivity contribution in [3.63, 3.8) is 0 Å². The van der Waals surface area contributed by atoms with Crippen LogP contribution in [0.25, 0.3) is 11.0 Å². The topological polar surface area (TPSA) is 45.7 Å². The first-order chi connectivity index (χ1) is 6.31. The van der Waals surface area contributed by atoms with Gasteiger partial charge in [-0.3, -0.25) is 9.97 Å². The van der Waals surface area contributed by atoms with Crippen LogP contribution in [-0.2, 0) is 11.7 Å². The van der Waals surface area contributed by atoms with Crippen LogP contribution in [0.5, 0.6) is 0 Å². The molecular formula is C9H6ClN2O. The maximum atomic E-state index is 10.6. The van der Waals surface area contributed by atoms with Gasteiger partial charge in [-0.2, -0.15) is 0 Å². The van der Waals surface area contributed by atoms with Crippen molar-refractivity contribution in [1.82, 2.24) is 9.97 Å². The summed E-state index contributed by atoms with van der Waals surface area (Å²) in [4.78, 5) is 8.12. The zero-order valence-electron chi connectivity index (χ0n) is 6.70. The summed E-state index contributed by atoms with van der Waals surface area (Å²) < 4.78 is 0. The first-order valence-corrected chi connectivity index (χ1v) is 4.16. The van der Waals surface area contributed by atoms with E-state index in [1.165, 1.54) is 6.20 Å². The number of halogens is 1. The third-order valence-electron chi connectivity index (χ3n) is 1.75. The Morgan fingerprint density at radius 3 is 3.00 bits per heavy atom. The van der Waals surface area contributed by atoms with Crippen molar-refractivity contribution in [2.24, 2.45) is 0 Å². The predicted molar refractivity (Wildman–Crippen MR) is 48.9 cm³/mol. The molecule has 0 amide bonds. The summed E-state index contributed by atoms with van der Waals surface area (Å²) in [5.41, 5.74) is 1.93. The van der Waals surface area contributed by atoms with Crippen LogP contribution in [0.2, 0.25) is 5.02 Å². The van der Waals surface area contributed by atoms with Gasteiger partial charge in [0.2, 0.25) is 0 Å². The van der Waals surface area contributed by atoms with Crippen LogP contribution in [-0.4, -0.2) is 9.97 Å². The number of aromatic nitrogens is 2. The average molecular weight is 194 g/mol. The molecule has 0 aliphatic carbocycles. The van der Waals surface area contributed by atoms with Gasteiger partial charge in [0, 0.05) is 18.0 Å². The van der Waals surface area contributed by atoms with Crippen molar-refractivity contribution in [1.29, 1.82) is 0 Å². The molecule has 0 spiro atoms. The minimum absolute atomic E-state index is 0.281.